The molecule has 2 aromatic carbocycles. The zero-order valence-corrected chi connectivity index (χ0v) is 19.2. The van der Waals surface area contributed by atoms with E-state index in [-0.39, 0.29) is 24.0 Å². The van der Waals surface area contributed by atoms with Crippen LogP contribution in [0.15, 0.2) is 67.1 Å². The third kappa shape index (κ3) is 6.67. The number of hydrogen-bond donors (Lipinski definition) is 4. The number of amides is 2. The number of anilines is 3. The highest BCUT2D eigenvalue weighted by Gasteiger charge is 2.30. The van der Waals surface area contributed by atoms with E-state index in [2.05, 4.69) is 30.9 Å². The summed E-state index contributed by atoms with van der Waals surface area (Å²) in [6.45, 7) is 0.446. The van der Waals surface area contributed by atoms with Crippen molar-refractivity contribution in [1.82, 2.24) is 15.0 Å². The maximum absolute atomic E-state index is 12.8. The zero-order chi connectivity index (χ0) is 25.5. The molecule has 186 valence electrons. The SMILES string of the molecule is O=C(Nc1cnc(Oc2ccc(-c3cnc(NCCO)s3)cc2)nc1)Nc1cccc(C(F)(F)F)c1. The van der Waals surface area contributed by atoms with Gasteiger partial charge in [0.15, 0.2) is 5.13 Å². The van der Waals surface area contributed by atoms with Crippen LogP contribution in [0.5, 0.6) is 11.8 Å². The lowest BCUT2D eigenvalue weighted by Crippen LogP contribution is -2.20. The van der Waals surface area contributed by atoms with E-state index < -0.39 is 17.8 Å². The Morgan fingerprint density at radius 3 is 2.39 bits per heavy atom. The number of aromatic nitrogens is 3. The fraction of sp³-hybridized carbons (Fsp3) is 0.130. The molecule has 0 saturated carbocycles. The van der Waals surface area contributed by atoms with Gasteiger partial charge in [0.2, 0.25) is 0 Å². The van der Waals surface area contributed by atoms with E-state index in [4.69, 9.17) is 9.84 Å². The molecule has 4 N–H and O–H groups in total. The molecular formula is C23H19F3N6O3S. The highest BCUT2D eigenvalue weighted by atomic mass is 32.1. The summed E-state index contributed by atoms with van der Waals surface area (Å²) in [6, 6.07) is 10.8. The summed E-state index contributed by atoms with van der Waals surface area (Å²) in [6.07, 6.45) is -0.166. The lowest BCUT2D eigenvalue weighted by molar-refractivity contribution is -0.137. The summed E-state index contributed by atoms with van der Waals surface area (Å²) in [5.74, 6) is 0.491. The van der Waals surface area contributed by atoms with E-state index in [1.807, 2.05) is 12.1 Å². The number of carbonyl (C=O) groups excluding carboxylic acids is 1. The Hall–Kier alpha value is -4.23. The fourth-order valence-corrected chi connectivity index (χ4v) is 3.79. The normalized spacial score (nSPS) is 11.1. The van der Waals surface area contributed by atoms with E-state index in [1.54, 1.807) is 18.3 Å². The predicted octanol–water partition coefficient (Wildman–Crippen LogP) is 5.46. The summed E-state index contributed by atoms with van der Waals surface area (Å²) >= 11 is 1.46. The average Bonchev–Trinajstić information content (AvgIpc) is 3.33. The number of carbonyl (C=O) groups is 1. The van der Waals surface area contributed by atoms with Crippen molar-refractivity contribution >= 4 is 33.9 Å². The predicted molar refractivity (Wildman–Crippen MR) is 129 cm³/mol. The van der Waals surface area contributed by atoms with Crippen LogP contribution in [-0.4, -0.2) is 39.2 Å². The number of ether oxygens (including phenoxy) is 1. The first-order valence-corrected chi connectivity index (χ1v) is 11.3. The van der Waals surface area contributed by atoms with Gasteiger partial charge in [0.1, 0.15) is 5.75 Å². The molecule has 4 aromatic rings. The lowest BCUT2D eigenvalue weighted by Gasteiger charge is -2.11. The molecule has 2 aromatic heterocycles. The van der Waals surface area contributed by atoms with Crippen molar-refractivity contribution in [1.29, 1.82) is 0 Å². The number of thiazole rings is 1. The molecule has 0 aliphatic carbocycles. The molecule has 4 rings (SSSR count). The van der Waals surface area contributed by atoms with Gasteiger partial charge >= 0.3 is 18.2 Å². The first kappa shape index (κ1) is 24.9. The summed E-state index contributed by atoms with van der Waals surface area (Å²) in [7, 11) is 0. The van der Waals surface area contributed by atoms with Crippen molar-refractivity contribution < 1.29 is 27.8 Å². The minimum absolute atomic E-state index is 0.0115. The third-order valence-corrected chi connectivity index (χ3v) is 5.58. The van der Waals surface area contributed by atoms with Crippen molar-refractivity contribution in [2.24, 2.45) is 0 Å². The summed E-state index contributed by atoms with van der Waals surface area (Å²) in [5, 5.41) is 17.4. The monoisotopic (exact) mass is 516 g/mol. The van der Waals surface area contributed by atoms with Crippen LogP contribution in [0.3, 0.4) is 0 Å². The highest BCUT2D eigenvalue weighted by molar-refractivity contribution is 7.18. The van der Waals surface area contributed by atoms with E-state index in [9.17, 15) is 18.0 Å². The van der Waals surface area contributed by atoms with Gasteiger partial charge in [0.05, 0.1) is 35.1 Å². The maximum Gasteiger partial charge on any atom is 0.416 e. The highest BCUT2D eigenvalue weighted by Crippen LogP contribution is 2.32. The van der Waals surface area contributed by atoms with Crippen LogP contribution in [0.25, 0.3) is 10.4 Å². The van der Waals surface area contributed by atoms with E-state index >= 15 is 0 Å². The Labute approximate surface area is 207 Å². The Balaban J connectivity index is 1.32. The number of urea groups is 1. The molecule has 0 aliphatic rings. The molecule has 0 saturated heterocycles. The van der Waals surface area contributed by atoms with Crippen molar-refractivity contribution in [2.75, 3.05) is 29.1 Å². The second kappa shape index (κ2) is 11.0. The second-order valence-electron chi connectivity index (χ2n) is 7.22. The lowest BCUT2D eigenvalue weighted by atomic mass is 10.2. The molecule has 0 spiro atoms. The number of aliphatic hydroxyl groups excluding tert-OH is 1. The number of benzene rings is 2. The fourth-order valence-electron chi connectivity index (χ4n) is 2.94. The van der Waals surface area contributed by atoms with Crippen molar-refractivity contribution in [3.63, 3.8) is 0 Å². The summed E-state index contributed by atoms with van der Waals surface area (Å²) in [5.41, 5.74) is 0.273. The number of rotatable bonds is 8. The van der Waals surface area contributed by atoms with Gasteiger partial charge in [-0.1, -0.05) is 17.4 Å². The minimum atomic E-state index is -4.51. The number of alkyl halides is 3. The number of aliphatic hydroxyl groups is 1. The number of hydrogen-bond acceptors (Lipinski definition) is 8. The van der Waals surface area contributed by atoms with Gasteiger partial charge in [-0.3, -0.25) is 0 Å². The molecule has 0 bridgehead atoms. The Bertz CT molecular complexity index is 1310. The van der Waals surface area contributed by atoms with E-state index in [1.165, 1.54) is 35.9 Å². The van der Waals surface area contributed by atoms with Gasteiger partial charge in [-0.15, -0.1) is 0 Å². The van der Waals surface area contributed by atoms with Gasteiger partial charge in [0, 0.05) is 18.4 Å². The maximum atomic E-state index is 12.8. The van der Waals surface area contributed by atoms with E-state index in [0.717, 1.165) is 22.6 Å². The van der Waals surface area contributed by atoms with Crippen LogP contribution in [0.2, 0.25) is 0 Å². The number of nitrogens with one attached hydrogen (secondary N) is 3. The quantitative estimate of drug-likeness (QED) is 0.245. The molecule has 0 aliphatic heterocycles. The molecule has 2 amide bonds. The molecule has 36 heavy (non-hydrogen) atoms. The molecular weight excluding hydrogens is 497 g/mol. The first-order valence-electron chi connectivity index (χ1n) is 10.5. The smallest absolute Gasteiger partial charge is 0.416 e. The van der Waals surface area contributed by atoms with Crippen LogP contribution < -0.4 is 20.7 Å². The largest absolute Gasteiger partial charge is 0.424 e. The molecule has 0 atom stereocenters. The van der Waals surface area contributed by atoms with Gasteiger partial charge in [-0.25, -0.2) is 19.7 Å². The van der Waals surface area contributed by atoms with Crippen molar-refractivity contribution in [2.45, 2.75) is 6.18 Å². The molecule has 0 radical (unpaired) electrons. The molecule has 13 heteroatoms. The number of nitrogens with zero attached hydrogens (tertiary/aromatic N) is 3. The van der Waals surface area contributed by atoms with Crippen molar-refractivity contribution in [3.8, 4) is 22.2 Å². The summed E-state index contributed by atoms with van der Waals surface area (Å²) in [4.78, 5) is 25.4. The number of halogens is 3. The Kier molecular flexibility index (Phi) is 7.61. The van der Waals surface area contributed by atoms with Crippen LogP contribution in [-0.2, 0) is 6.18 Å². The average molecular weight is 517 g/mol. The molecule has 9 nitrogen and oxygen atoms in total. The van der Waals surface area contributed by atoms with E-state index in [0.29, 0.717) is 17.4 Å². The van der Waals surface area contributed by atoms with Crippen LogP contribution in [0, 0.1) is 0 Å². The van der Waals surface area contributed by atoms with Crippen LogP contribution in [0.4, 0.5) is 34.5 Å². The minimum Gasteiger partial charge on any atom is -0.424 e. The third-order valence-electron chi connectivity index (χ3n) is 4.58. The standard InChI is InChI=1S/C23H19F3N6O3S/c24-23(25,26)15-2-1-3-16(10-15)31-20(34)32-17-11-28-21(29-12-17)35-18-6-4-14(5-7-18)19-13-30-22(36-19)27-8-9-33/h1-7,10-13,33H,8-9H2,(H,27,30)(H2,31,32,34). The summed E-state index contributed by atoms with van der Waals surface area (Å²) < 4.78 is 44.1. The van der Waals surface area contributed by atoms with Gasteiger partial charge in [-0.2, -0.15) is 13.2 Å². The molecule has 0 fully saturated rings. The van der Waals surface area contributed by atoms with Crippen LogP contribution in [0.1, 0.15) is 5.56 Å². The van der Waals surface area contributed by atoms with Crippen molar-refractivity contribution in [3.05, 3.63) is 72.7 Å². The molecule has 2 heterocycles. The van der Waals surface area contributed by atoms with Gasteiger partial charge in [0.25, 0.3) is 0 Å². The van der Waals surface area contributed by atoms with Crippen LogP contribution >= 0.6 is 11.3 Å². The Morgan fingerprint density at radius 2 is 1.69 bits per heavy atom. The van der Waals surface area contributed by atoms with Gasteiger partial charge in [-0.05, 0) is 48.0 Å². The van der Waals surface area contributed by atoms with Gasteiger partial charge < -0.3 is 25.8 Å². The molecule has 0 unspecified atom stereocenters. The topological polar surface area (TPSA) is 121 Å². The first-order chi connectivity index (χ1) is 17.3. The second-order valence-corrected chi connectivity index (χ2v) is 8.25. The Morgan fingerprint density at radius 1 is 0.972 bits per heavy atom. The zero-order valence-electron chi connectivity index (χ0n) is 18.4.